The van der Waals surface area contributed by atoms with Crippen molar-refractivity contribution < 1.29 is 14.6 Å². The molecule has 0 aliphatic heterocycles. The molecular weight excluding hydrogens is 254 g/mol. The second-order valence-electron chi connectivity index (χ2n) is 3.47. The Morgan fingerprint density at radius 1 is 1.00 bits per heavy atom. The van der Waals surface area contributed by atoms with E-state index in [4.69, 9.17) is 4.74 Å². The van der Waals surface area contributed by atoms with Crippen molar-refractivity contribution in [1.82, 2.24) is 4.98 Å². The molecule has 0 spiro atoms. The fourth-order valence-electron chi connectivity index (χ4n) is 1.32. The molecular formula is C11H7N3O5. The van der Waals surface area contributed by atoms with Crippen LogP contribution in [0.15, 0.2) is 42.6 Å². The van der Waals surface area contributed by atoms with Crippen LogP contribution in [0, 0.1) is 20.2 Å². The molecule has 0 atom stereocenters. The van der Waals surface area contributed by atoms with Crippen LogP contribution in [0.2, 0.25) is 0 Å². The van der Waals surface area contributed by atoms with Gasteiger partial charge in [0.25, 0.3) is 11.4 Å². The van der Waals surface area contributed by atoms with Crippen LogP contribution in [0.5, 0.6) is 11.6 Å². The van der Waals surface area contributed by atoms with Gasteiger partial charge >= 0.3 is 0 Å². The zero-order valence-corrected chi connectivity index (χ0v) is 9.42. The second kappa shape index (κ2) is 5.08. The Labute approximate surface area is 106 Å². The molecule has 19 heavy (non-hydrogen) atoms. The third-order valence-corrected chi connectivity index (χ3v) is 2.18. The van der Waals surface area contributed by atoms with Gasteiger partial charge in [-0.25, -0.2) is 4.98 Å². The average molecular weight is 261 g/mol. The van der Waals surface area contributed by atoms with Crippen molar-refractivity contribution in [1.29, 1.82) is 0 Å². The zero-order chi connectivity index (χ0) is 13.8. The Bertz CT molecular complexity index is 626. The Hall–Kier alpha value is -3.03. The Morgan fingerprint density at radius 3 is 2.32 bits per heavy atom. The fraction of sp³-hybridized carbons (Fsp3) is 0. The largest absolute Gasteiger partial charge is 0.439 e. The lowest BCUT2D eigenvalue weighted by atomic mass is 10.3. The summed E-state index contributed by atoms with van der Waals surface area (Å²) in [7, 11) is 0. The van der Waals surface area contributed by atoms with Crippen molar-refractivity contribution in [3.8, 4) is 11.6 Å². The molecule has 2 rings (SSSR count). The van der Waals surface area contributed by atoms with Gasteiger partial charge in [-0.1, -0.05) is 6.07 Å². The molecule has 96 valence electrons. The molecule has 1 heterocycles. The van der Waals surface area contributed by atoms with E-state index in [0.717, 1.165) is 6.20 Å². The van der Waals surface area contributed by atoms with Crippen molar-refractivity contribution in [2.24, 2.45) is 0 Å². The van der Waals surface area contributed by atoms with Gasteiger partial charge in [0, 0.05) is 18.2 Å². The number of hydrogen-bond donors (Lipinski definition) is 0. The van der Waals surface area contributed by atoms with Gasteiger partial charge in [0.15, 0.2) is 0 Å². The van der Waals surface area contributed by atoms with Crippen molar-refractivity contribution in [2.45, 2.75) is 0 Å². The van der Waals surface area contributed by atoms with Crippen LogP contribution in [-0.4, -0.2) is 14.8 Å². The van der Waals surface area contributed by atoms with E-state index in [9.17, 15) is 20.2 Å². The first-order valence-electron chi connectivity index (χ1n) is 5.09. The lowest BCUT2D eigenvalue weighted by Gasteiger charge is -2.03. The third-order valence-electron chi connectivity index (χ3n) is 2.18. The monoisotopic (exact) mass is 261 g/mol. The highest BCUT2D eigenvalue weighted by Gasteiger charge is 2.09. The van der Waals surface area contributed by atoms with Gasteiger partial charge < -0.3 is 4.74 Å². The smallest absolute Gasteiger partial charge is 0.287 e. The predicted molar refractivity (Wildman–Crippen MR) is 64.1 cm³/mol. The van der Waals surface area contributed by atoms with Crippen LogP contribution in [0.3, 0.4) is 0 Å². The number of pyridine rings is 1. The van der Waals surface area contributed by atoms with Crippen molar-refractivity contribution in [3.63, 3.8) is 0 Å². The minimum Gasteiger partial charge on any atom is -0.439 e. The first kappa shape index (κ1) is 12.4. The number of rotatable bonds is 4. The maximum absolute atomic E-state index is 10.6. The molecule has 0 amide bonds. The molecule has 0 N–H and O–H groups in total. The SMILES string of the molecule is O=[N+]([O-])c1ccc(Oc2cccc([N+](=O)[O-])c2)nc1. The summed E-state index contributed by atoms with van der Waals surface area (Å²) >= 11 is 0. The minimum atomic E-state index is -0.579. The van der Waals surface area contributed by atoms with Crippen LogP contribution in [0.25, 0.3) is 0 Å². The topological polar surface area (TPSA) is 108 Å². The molecule has 0 fully saturated rings. The van der Waals surface area contributed by atoms with E-state index >= 15 is 0 Å². The number of nitrogens with zero attached hydrogens (tertiary/aromatic N) is 3. The van der Waals surface area contributed by atoms with E-state index < -0.39 is 9.85 Å². The van der Waals surface area contributed by atoms with E-state index in [0.29, 0.717) is 0 Å². The van der Waals surface area contributed by atoms with Gasteiger partial charge in [0.05, 0.1) is 15.9 Å². The van der Waals surface area contributed by atoms with Crippen molar-refractivity contribution in [3.05, 3.63) is 62.8 Å². The molecule has 0 unspecified atom stereocenters. The van der Waals surface area contributed by atoms with Crippen LogP contribution in [0.1, 0.15) is 0 Å². The summed E-state index contributed by atoms with van der Waals surface area (Å²) in [6, 6.07) is 8.12. The Kier molecular flexibility index (Phi) is 3.33. The summed E-state index contributed by atoms with van der Waals surface area (Å²) in [5, 5.41) is 21.0. The van der Waals surface area contributed by atoms with Crippen LogP contribution in [0.4, 0.5) is 11.4 Å². The second-order valence-corrected chi connectivity index (χ2v) is 3.47. The highest BCUT2D eigenvalue weighted by atomic mass is 16.6. The highest BCUT2D eigenvalue weighted by Crippen LogP contribution is 2.24. The van der Waals surface area contributed by atoms with E-state index in [1.165, 1.54) is 36.4 Å². The van der Waals surface area contributed by atoms with Crippen molar-refractivity contribution >= 4 is 11.4 Å². The summed E-state index contributed by atoms with van der Waals surface area (Å²) < 4.78 is 5.27. The number of hydrogen-bond acceptors (Lipinski definition) is 6. The fourth-order valence-corrected chi connectivity index (χ4v) is 1.32. The number of nitro groups is 2. The first-order chi connectivity index (χ1) is 9.06. The van der Waals surface area contributed by atoms with E-state index in [1.54, 1.807) is 0 Å². The summed E-state index contributed by atoms with van der Waals surface area (Å²) in [6.07, 6.45) is 1.05. The lowest BCUT2D eigenvalue weighted by Crippen LogP contribution is -1.92. The molecule has 8 nitrogen and oxygen atoms in total. The quantitative estimate of drug-likeness (QED) is 0.618. The average Bonchev–Trinajstić information content (AvgIpc) is 2.39. The van der Waals surface area contributed by atoms with Crippen LogP contribution >= 0.6 is 0 Å². The molecule has 1 aromatic carbocycles. The summed E-state index contributed by atoms with van der Waals surface area (Å²) in [4.78, 5) is 23.6. The predicted octanol–water partition coefficient (Wildman–Crippen LogP) is 2.69. The number of ether oxygens (including phenoxy) is 1. The normalized spacial score (nSPS) is 9.89. The maximum Gasteiger partial charge on any atom is 0.287 e. The number of non-ortho nitro benzene ring substituents is 1. The van der Waals surface area contributed by atoms with Crippen molar-refractivity contribution in [2.75, 3.05) is 0 Å². The molecule has 0 saturated carbocycles. The number of aromatic nitrogens is 1. The Morgan fingerprint density at radius 2 is 1.74 bits per heavy atom. The first-order valence-corrected chi connectivity index (χ1v) is 5.09. The number of benzene rings is 1. The van der Waals surface area contributed by atoms with E-state index in [-0.39, 0.29) is 23.0 Å². The molecule has 8 heteroatoms. The van der Waals surface area contributed by atoms with Crippen LogP contribution in [-0.2, 0) is 0 Å². The molecule has 0 radical (unpaired) electrons. The minimum absolute atomic E-state index is 0.112. The lowest BCUT2D eigenvalue weighted by molar-refractivity contribution is -0.385. The van der Waals surface area contributed by atoms with E-state index in [1.807, 2.05) is 0 Å². The zero-order valence-electron chi connectivity index (χ0n) is 9.42. The summed E-state index contributed by atoms with van der Waals surface area (Å²) in [5.41, 5.74) is -0.272. The summed E-state index contributed by atoms with van der Waals surface area (Å²) in [5.74, 6) is 0.349. The molecule has 0 bridgehead atoms. The standard InChI is InChI=1S/C11H7N3O5/c15-13(16)8-2-1-3-10(6-8)19-11-5-4-9(7-12-11)14(17)18/h1-7H. The van der Waals surface area contributed by atoms with Gasteiger partial charge in [0.2, 0.25) is 5.88 Å². The van der Waals surface area contributed by atoms with Gasteiger partial charge in [0.1, 0.15) is 11.9 Å². The molecule has 1 aromatic heterocycles. The van der Waals surface area contributed by atoms with E-state index in [2.05, 4.69) is 4.98 Å². The number of nitro benzene ring substituents is 1. The summed E-state index contributed by atoms with van der Waals surface area (Å²) in [6.45, 7) is 0. The van der Waals surface area contributed by atoms with Gasteiger partial charge in [-0.2, -0.15) is 0 Å². The molecule has 0 aliphatic rings. The molecule has 2 aromatic rings. The van der Waals surface area contributed by atoms with Gasteiger partial charge in [-0.3, -0.25) is 20.2 Å². The highest BCUT2D eigenvalue weighted by molar-refractivity contribution is 5.40. The maximum atomic E-state index is 10.6. The van der Waals surface area contributed by atoms with Gasteiger partial charge in [-0.15, -0.1) is 0 Å². The molecule has 0 aliphatic carbocycles. The van der Waals surface area contributed by atoms with Crippen LogP contribution < -0.4 is 4.74 Å². The molecule has 0 saturated heterocycles. The van der Waals surface area contributed by atoms with Gasteiger partial charge in [-0.05, 0) is 6.07 Å². The Balaban J connectivity index is 2.19. The third kappa shape index (κ3) is 3.00.